The molecule has 7 nitrogen and oxygen atoms in total. The summed E-state index contributed by atoms with van der Waals surface area (Å²) in [5, 5.41) is 14.8. The monoisotopic (exact) mass is 388 g/mol. The number of hydrogen-bond donors (Lipinski definition) is 4. The third kappa shape index (κ3) is 8.81. The molecule has 0 spiro atoms. The lowest BCUT2D eigenvalue weighted by atomic mass is 9.94. The second kappa shape index (κ2) is 12.7. The van der Waals surface area contributed by atoms with E-state index in [1.54, 1.807) is 12.2 Å². The third-order valence-electron chi connectivity index (χ3n) is 4.41. The van der Waals surface area contributed by atoms with Gasteiger partial charge in [0.15, 0.2) is 0 Å². The van der Waals surface area contributed by atoms with Crippen LogP contribution >= 0.6 is 0 Å². The van der Waals surface area contributed by atoms with Crippen LogP contribution in [0.2, 0.25) is 0 Å². The number of nitrogens with one attached hydrogen (secondary N) is 3. The summed E-state index contributed by atoms with van der Waals surface area (Å²) in [4.78, 5) is 28.1. The maximum absolute atomic E-state index is 12.8. The summed E-state index contributed by atoms with van der Waals surface area (Å²) in [6, 6.07) is -0.198. The molecule has 1 aliphatic carbocycles. The molecule has 0 aromatic heterocycles. The lowest BCUT2D eigenvalue weighted by molar-refractivity contribution is -0.125. The van der Waals surface area contributed by atoms with Gasteiger partial charge in [-0.15, -0.1) is 0 Å². The van der Waals surface area contributed by atoms with Crippen LogP contribution in [0.3, 0.4) is 0 Å². The first-order valence-electron chi connectivity index (χ1n) is 9.62. The highest BCUT2D eigenvalue weighted by atomic mass is 16.5. The minimum absolute atomic E-state index is 0.0367. The Kier molecular flexibility index (Phi) is 10.6. The molecule has 0 aromatic rings. The molecule has 4 N–H and O–H groups in total. The molecular formula is C21H32N4O3. The van der Waals surface area contributed by atoms with E-state index in [0.717, 1.165) is 31.8 Å². The van der Waals surface area contributed by atoms with Gasteiger partial charge in [-0.05, 0) is 36.5 Å². The number of carbonyl (C=O) groups is 2. The van der Waals surface area contributed by atoms with Crippen LogP contribution in [0.5, 0.6) is 0 Å². The van der Waals surface area contributed by atoms with Gasteiger partial charge >= 0.3 is 0 Å². The van der Waals surface area contributed by atoms with E-state index in [-0.39, 0.29) is 17.9 Å². The van der Waals surface area contributed by atoms with Crippen LogP contribution in [0.1, 0.15) is 46.0 Å². The first-order chi connectivity index (χ1) is 13.4. The van der Waals surface area contributed by atoms with Gasteiger partial charge in [-0.25, -0.2) is 10.5 Å². The number of allylic oxidation sites excluding steroid dienone is 4. The van der Waals surface area contributed by atoms with Crippen molar-refractivity contribution in [2.75, 3.05) is 0 Å². The van der Waals surface area contributed by atoms with Gasteiger partial charge in [0.05, 0.1) is 0 Å². The molecule has 0 unspecified atom stereocenters. The second-order valence-electron chi connectivity index (χ2n) is 7.14. The van der Waals surface area contributed by atoms with Crippen LogP contribution in [0, 0.1) is 5.92 Å². The van der Waals surface area contributed by atoms with Crippen molar-refractivity contribution >= 4 is 18.0 Å². The van der Waals surface area contributed by atoms with Crippen LogP contribution in [0.25, 0.3) is 0 Å². The molecular weight excluding hydrogens is 356 g/mol. The first-order valence-corrected chi connectivity index (χ1v) is 9.62. The third-order valence-corrected chi connectivity index (χ3v) is 4.41. The van der Waals surface area contributed by atoms with Crippen molar-refractivity contribution in [2.24, 2.45) is 10.9 Å². The topological polar surface area (TPSA) is 103 Å². The number of amides is 2. The van der Waals surface area contributed by atoms with Crippen LogP contribution < -0.4 is 16.1 Å². The Morgan fingerprint density at radius 2 is 1.86 bits per heavy atom. The van der Waals surface area contributed by atoms with Crippen molar-refractivity contribution < 1.29 is 14.8 Å². The Labute approximate surface area is 167 Å². The molecule has 2 amide bonds. The summed E-state index contributed by atoms with van der Waals surface area (Å²) in [7, 11) is 0. The summed E-state index contributed by atoms with van der Waals surface area (Å²) in [5.74, 6) is -0.170. The van der Waals surface area contributed by atoms with E-state index in [0.29, 0.717) is 11.4 Å². The molecule has 0 aliphatic heterocycles. The zero-order valence-corrected chi connectivity index (χ0v) is 16.8. The van der Waals surface area contributed by atoms with Crippen molar-refractivity contribution in [2.45, 2.75) is 58.0 Å². The van der Waals surface area contributed by atoms with E-state index in [2.05, 4.69) is 28.8 Å². The zero-order chi connectivity index (χ0) is 20.9. The molecule has 0 heterocycles. The van der Waals surface area contributed by atoms with Crippen molar-refractivity contribution in [1.82, 2.24) is 16.1 Å². The summed E-state index contributed by atoms with van der Waals surface area (Å²) in [5.41, 5.74) is 1.95. The minimum Gasteiger partial charge on any atom is -0.358 e. The smallest absolute Gasteiger partial charge is 0.267 e. The molecule has 0 radical (unpaired) electrons. The largest absolute Gasteiger partial charge is 0.358 e. The van der Waals surface area contributed by atoms with E-state index in [4.69, 9.17) is 5.21 Å². The number of hydrogen-bond acceptors (Lipinski definition) is 5. The molecule has 7 heteroatoms. The van der Waals surface area contributed by atoms with Gasteiger partial charge in [-0.2, -0.15) is 0 Å². The van der Waals surface area contributed by atoms with Gasteiger partial charge in [0.1, 0.15) is 11.9 Å². The van der Waals surface area contributed by atoms with Crippen LogP contribution in [-0.4, -0.2) is 35.3 Å². The Balaban J connectivity index is 2.77. The Morgan fingerprint density at radius 3 is 2.43 bits per heavy atom. The standard InChI is InChI=1S/C21H32N4O3/c1-5-9-18(22-14-16(4)12-13-19(26)25-28)24-20(15(2)3)21(27)23-17-10-7-6-8-11-17/h5,9,12-15,17,20,24,28H,1,4,6-8,10-11H2,2-3H3,(H,23,27)(H,25,26)/b13-12+,18-9+,22-14?/t20-/m1/s1. The number of carbonyl (C=O) groups excluding carboxylic acids is 2. The van der Waals surface area contributed by atoms with Gasteiger partial charge in [0.2, 0.25) is 5.91 Å². The van der Waals surface area contributed by atoms with E-state index < -0.39 is 11.9 Å². The fraction of sp³-hybridized carbons (Fsp3) is 0.476. The molecule has 154 valence electrons. The number of rotatable bonds is 10. The summed E-state index contributed by atoms with van der Waals surface area (Å²) in [6.45, 7) is 11.4. The van der Waals surface area contributed by atoms with Crippen molar-refractivity contribution in [1.29, 1.82) is 0 Å². The zero-order valence-electron chi connectivity index (χ0n) is 16.8. The summed E-state index contributed by atoms with van der Waals surface area (Å²) in [6.07, 6.45) is 12.8. The molecule has 1 saturated carbocycles. The van der Waals surface area contributed by atoms with Gasteiger partial charge in [-0.1, -0.05) is 52.3 Å². The van der Waals surface area contributed by atoms with Crippen molar-refractivity contribution in [3.05, 3.63) is 48.9 Å². The Morgan fingerprint density at radius 1 is 1.18 bits per heavy atom. The molecule has 1 atom stereocenters. The highest BCUT2D eigenvalue weighted by Crippen LogP contribution is 2.18. The molecule has 1 fully saturated rings. The fourth-order valence-electron chi connectivity index (χ4n) is 2.89. The van der Waals surface area contributed by atoms with Gasteiger partial charge in [-0.3, -0.25) is 14.8 Å². The maximum atomic E-state index is 12.8. The molecule has 0 bridgehead atoms. The minimum atomic E-state index is -0.659. The van der Waals surface area contributed by atoms with Crippen LogP contribution in [0.15, 0.2) is 53.8 Å². The normalized spacial score (nSPS) is 16.9. The molecule has 0 saturated heterocycles. The molecule has 0 aromatic carbocycles. The van der Waals surface area contributed by atoms with E-state index in [1.165, 1.54) is 24.2 Å². The van der Waals surface area contributed by atoms with E-state index >= 15 is 0 Å². The summed E-state index contributed by atoms with van der Waals surface area (Å²) >= 11 is 0. The van der Waals surface area contributed by atoms with Crippen molar-refractivity contribution in [3.8, 4) is 0 Å². The highest BCUT2D eigenvalue weighted by molar-refractivity contribution is 5.90. The second-order valence-corrected chi connectivity index (χ2v) is 7.14. The lowest BCUT2D eigenvalue weighted by Gasteiger charge is -2.28. The molecule has 28 heavy (non-hydrogen) atoms. The first kappa shape index (κ1) is 23.4. The molecule has 1 aliphatic rings. The van der Waals surface area contributed by atoms with E-state index in [9.17, 15) is 9.59 Å². The van der Waals surface area contributed by atoms with E-state index in [1.807, 2.05) is 13.8 Å². The molecule has 1 rings (SSSR count). The lowest BCUT2D eigenvalue weighted by Crippen LogP contribution is -2.50. The Hall–Kier alpha value is -2.67. The number of nitrogens with zero attached hydrogens (tertiary/aromatic N) is 1. The maximum Gasteiger partial charge on any atom is 0.267 e. The fourth-order valence-corrected chi connectivity index (χ4v) is 2.89. The SMILES string of the molecule is C=C/C=C(\N=CC(=C)/C=C/C(=O)NO)N[C@@H](C(=O)NC1CCCCC1)C(C)C. The van der Waals surface area contributed by atoms with Crippen LogP contribution in [-0.2, 0) is 9.59 Å². The Bertz CT molecular complexity index is 644. The number of aliphatic imine (C=N–C) groups is 1. The predicted molar refractivity (Wildman–Crippen MR) is 112 cm³/mol. The summed E-state index contributed by atoms with van der Waals surface area (Å²) < 4.78 is 0. The van der Waals surface area contributed by atoms with Gasteiger partial charge < -0.3 is 10.6 Å². The number of hydroxylamine groups is 1. The average molecular weight is 389 g/mol. The van der Waals surface area contributed by atoms with Gasteiger partial charge in [0, 0.05) is 18.3 Å². The predicted octanol–water partition coefficient (Wildman–Crippen LogP) is 2.77. The quantitative estimate of drug-likeness (QED) is 0.152. The van der Waals surface area contributed by atoms with Crippen LogP contribution in [0.4, 0.5) is 0 Å². The highest BCUT2D eigenvalue weighted by Gasteiger charge is 2.25. The van der Waals surface area contributed by atoms with Gasteiger partial charge in [0.25, 0.3) is 5.91 Å². The average Bonchev–Trinajstić information content (AvgIpc) is 2.68. The van der Waals surface area contributed by atoms with Crippen molar-refractivity contribution in [3.63, 3.8) is 0 Å².